The Morgan fingerprint density at radius 3 is 2.59 bits per heavy atom. The van der Waals surface area contributed by atoms with E-state index in [0.29, 0.717) is 5.69 Å². The summed E-state index contributed by atoms with van der Waals surface area (Å²) in [5.41, 5.74) is 3.18. The Balaban J connectivity index is 1.57. The van der Waals surface area contributed by atoms with E-state index >= 15 is 0 Å². The number of hydrogen-bond acceptors (Lipinski definition) is 5. The van der Waals surface area contributed by atoms with Crippen LogP contribution in [0.15, 0.2) is 60.7 Å². The van der Waals surface area contributed by atoms with E-state index in [4.69, 9.17) is 11.6 Å². The van der Waals surface area contributed by atoms with Gasteiger partial charge in [-0.05, 0) is 61.0 Å². The van der Waals surface area contributed by atoms with Crippen molar-refractivity contribution in [3.63, 3.8) is 0 Å². The van der Waals surface area contributed by atoms with E-state index in [1.165, 1.54) is 23.8 Å². The van der Waals surface area contributed by atoms with Crippen molar-refractivity contribution in [2.75, 3.05) is 5.32 Å². The summed E-state index contributed by atoms with van der Waals surface area (Å²) >= 11 is 7.49. The largest absolute Gasteiger partial charge is 0.322 e. The van der Waals surface area contributed by atoms with Gasteiger partial charge in [-0.15, -0.1) is 11.3 Å². The van der Waals surface area contributed by atoms with Crippen molar-refractivity contribution < 1.29 is 9.72 Å². The summed E-state index contributed by atoms with van der Waals surface area (Å²) in [7, 11) is 0. The van der Waals surface area contributed by atoms with E-state index in [9.17, 15) is 14.9 Å². The molecule has 0 atom stereocenters. The van der Waals surface area contributed by atoms with Crippen LogP contribution in [-0.2, 0) is 0 Å². The van der Waals surface area contributed by atoms with Gasteiger partial charge in [-0.1, -0.05) is 17.7 Å². The minimum absolute atomic E-state index is 0.0897. The quantitative estimate of drug-likeness (QED) is 0.318. The number of nitrogens with one attached hydrogen (secondary N) is 1. The lowest BCUT2D eigenvalue weighted by Gasteiger charge is -2.07. The molecule has 29 heavy (non-hydrogen) atoms. The average Bonchev–Trinajstić information content (AvgIpc) is 3.11. The summed E-state index contributed by atoms with van der Waals surface area (Å²) in [6.45, 7) is 2.04. The van der Waals surface area contributed by atoms with Crippen LogP contribution in [0.3, 0.4) is 0 Å². The topological polar surface area (TPSA) is 85.1 Å². The monoisotopic (exact) mass is 423 g/mol. The van der Waals surface area contributed by atoms with Gasteiger partial charge in [-0.25, -0.2) is 4.98 Å². The molecule has 0 aliphatic heterocycles. The first-order chi connectivity index (χ1) is 13.9. The van der Waals surface area contributed by atoms with Crippen molar-refractivity contribution in [1.82, 2.24) is 4.98 Å². The highest BCUT2D eigenvalue weighted by Gasteiger charge is 2.20. The van der Waals surface area contributed by atoms with E-state index in [1.807, 2.05) is 31.2 Å². The van der Waals surface area contributed by atoms with Gasteiger partial charge < -0.3 is 5.32 Å². The van der Waals surface area contributed by atoms with E-state index in [1.54, 1.807) is 23.5 Å². The molecule has 0 radical (unpaired) electrons. The number of anilines is 1. The molecule has 4 rings (SSSR count). The molecule has 8 heteroatoms. The molecule has 0 aliphatic carbocycles. The zero-order valence-corrected chi connectivity index (χ0v) is 16.8. The molecule has 1 amide bonds. The van der Waals surface area contributed by atoms with Crippen LogP contribution in [0.4, 0.5) is 11.4 Å². The SMILES string of the molecule is Cc1ccc2nc(-c3ccc(NC(=O)c4cc(Cl)ccc4[N+](=O)[O-])cc3)sc2c1. The number of rotatable bonds is 4. The number of aromatic nitrogens is 1. The fourth-order valence-corrected chi connectivity index (χ4v) is 4.14. The zero-order valence-electron chi connectivity index (χ0n) is 15.2. The predicted octanol–water partition coefficient (Wildman–Crippen LogP) is 6.09. The molecule has 0 saturated heterocycles. The molecule has 1 N–H and O–H groups in total. The molecule has 0 aliphatic rings. The van der Waals surface area contributed by atoms with Crippen LogP contribution in [0.2, 0.25) is 5.02 Å². The number of aryl methyl sites for hydroxylation is 1. The normalized spacial score (nSPS) is 10.8. The number of nitrogens with zero attached hydrogens (tertiary/aromatic N) is 2. The maximum atomic E-state index is 12.5. The van der Waals surface area contributed by atoms with E-state index in [2.05, 4.69) is 16.4 Å². The Labute approximate surface area is 174 Å². The minimum atomic E-state index is -0.608. The number of benzene rings is 3. The van der Waals surface area contributed by atoms with E-state index < -0.39 is 10.8 Å². The highest BCUT2D eigenvalue weighted by molar-refractivity contribution is 7.21. The lowest BCUT2D eigenvalue weighted by atomic mass is 10.1. The number of hydrogen-bond donors (Lipinski definition) is 1. The standard InChI is InChI=1S/C21H14ClN3O3S/c1-12-2-8-17-19(10-12)29-21(24-17)13-3-6-15(7-4-13)23-20(26)16-11-14(22)5-9-18(16)25(27)28/h2-11H,1H3,(H,23,26). The van der Waals surface area contributed by atoms with Gasteiger partial charge in [0.1, 0.15) is 10.6 Å². The van der Waals surface area contributed by atoms with Crippen LogP contribution in [0.5, 0.6) is 0 Å². The molecule has 0 fully saturated rings. The number of thiazole rings is 1. The molecule has 1 heterocycles. The molecule has 0 spiro atoms. The minimum Gasteiger partial charge on any atom is -0.322 e. The lowest BCUT2D eigenvalue weighted by molar-refractivity contribution is -0.385. The molecule has 3 aromatic carbocycles. The van der Waals surface area contributed by atoms with Gasteiger partial charge in [0.15, 0.2) is 0 Å². The van der Waals surface area contributed by atoms with E-state index in [-0.39, 0.29) is 16.3 Å². The van der Waals surface area contributed by atoms with E-state index in [0.717, 1.165) is 20.8 Å². The van der Waals surface area contributed by atoms with Gasteiger partial charge >= 0.3 is 0 Å². The smallest absolute Gasteiger partial charge is 0.282 e. The highest BCUT2D eigenvalue weighted by atomic mass is 35.5. The van der Waals surface area contributed by atoms with Gasteiger partial charge in [0.2, 0.25) is 0 Å². The number of carbonyl (C=O) groups is 1. The third kappa shape index (κ3) is 3.96. The Morgan fingerprint density at radius 2 is 1.86 bits per heavy atom. The lowest BCUT2D eigenvalue weighted by Crippen LogP contribution is -2.14. The van der Waals surface area contributed by atoms with Gasteiger partial charge in [-0.2, -0.15) is 0 Å². The Kier molecular flexibility index (Phi) is 5.00. The maximum absolute atomic E-state index is 12.5. The Morgan fingerprint density at radius 1 is 1.10 bits per heavy atom. The summed E-state index contributed by atoms with van der Waals surface area (Å²) < 4.78 is 1.12. The van der Waals surface area contributed by atoms with Crippen LogP contribution in [0, 0.1) is 17.0 Å². The molecule has 6 nitrogen and oxygen atoms in total. The van der Waals surface area contributed by atoms with Crippen LogP contribution in [0.25, 0.3) is 20.8 Å². The molecule has 144 valence electrons. The van der Waals surface area contributed by atoms with Gasteiger partial charge in [0.05, 0.1) is 15.1 Å². The van der Waals surface area contributed by atoms with Gasteiger partial charge in [-0.3, -0.25) is 14.9 Å². The summed E-state index contributed by atoms with van der Waals surface area (Å²) in [5.74, 6) is -0.595. The first kappa shape index (κ1) is 19.0. The first-order valence-electron chi connectivity index (χ1n) is 8.63. The molecule has 0 bridgehead atoms. The first-order valence-corrected chi connectivity index (χ1v) is 9.83. The fourth-order valence-electron chi connectivity index (χ4n) is 2.90. The Hall–Kier alpha value is -3.29. The number of carbonyl (C=O) groups excluding carboxylic acids is 1. The molecule has 4 aromatic rings. The van der Waals surface area contributed by atoms with Crippen LogP contribution >= 0.6 is 22.9 Å². The van der Waals surface area contributed by atoms with Crippen molar-refractivity contribution in [2.24, 2.45) is 0 Å². The number of halogens is 1. The summed E-state index contributed by atoms with van der Waals surface area (Å²) in [6, 6.07) is 17.2. The van der Waals surface area contributed by atoms with Gasteiger partial charge in [0.25, 0.3) is 11.6 Å². The van der Waals surface area contributed by atoms with Gasteiger partial charge in [0, 0.05) is 22.3 Å². The summed E-state index contributed by atoms with van der Waals surface area (Å²) in [4.78, 5) is 27.7. The molecule has 0 unspecified atom stereocenters. The molecule has 1 aromatic heterocycles. The van der Waals surface area contributed by atoms with Crippen LogP contribution < -0.4 is 5.32 Å². The van der Waals surface area contributed by atoms with Crippen molar-refractivity contribution in [2.45, 2.75) is 6.92 Å². The third-order valence-electron chi connectivity index (χ3n) is 4.33. The molecule has 0 saturated carbocycles. The molecular weight excluding hydrogens is 410 g/mol. The van der Waals surface area contributed by atoms with Crippen molar-refractivity contribution in [3.05, 3.63) is 86.9 Å². The summed E-state index contributed by atoms with van der Waals surface area (Å²) in [6.07, 6.45) is 0. The summed E-state index contributed by atoms with van der Waals surface area (Å²) in [5, 5.41) is 15.0. The highest BCUT2D eigenvalue weighted by Crippen LogP contribution is 2.31. The number of nitro benzene ring substituents is 1. The Bertz CT molecular complexity index is 1250. The fraction of sp³-hybridized carbons (Fsp3) is 0.0476. The van der Waals surface area contributed by atoms with Crippen LogP contribution in [-0.4, -0.2) is 15.8 Å². The maximum Gasteiger partial charge on any atom is 0.282 e. The van der Waals surface area contributed by atoms with Crippen LogP contribution in [0.1, 0.15) is 15.9 Å². The zero-order chi connectivity index (χ0) is 20.5. The van der Waals surface area contributed by atoms with Crippen molar-refractivity contribution in [1.29, 1.82) is 0 Å². The average molecular weight is 424 g/mol. The number of amides is 1. The second kappa shape index (κ2) is 7.62. The van der Waals surface area contributed by atoms with Crippen molar-refractivity contribution >= 4 is 50.4 Å². The number of fused-ring (bicyclic) bond motifs is 1. The second-order valence-electron chi connectivity index (χ2n) is 6.44. The number of nitro groups is 1. The molecular formula is C21H14ClN3O3S. The third-order valence-corrected chi connectivity index (χ3v) is 5.64. The second-order valence-corrected chi connectivity index (χ2v) is 7.91. The van der Waals surface area contributed by atoms with Crippen molar-refractivity contribution in [3.8, 4) is 10.6 Å². The predicted molar refractivity (Wildman–Crippen MR) is 116 cm³/mol.